The Hall–Kier alpha value is -2.82. The van der Waals surface area contributed by atoms with E-state index in [0.717, 1.165) is 24.3 Å². The minimum absolute atomic E-state index is 0.223. The molecule has 0 aromatic heterocycles. The molecule has 0 aliphatic heterocycles. The van der Waals surface area contributed by atoms with Crippen LogP contribution in [-0.4, -0.2) is 35.6 Å². The quantitative estimate of drug-likeness (QED) is 0.490. The van der Waals surface area contributed by atoms with Gasteiger partial charge in [-0.3, -0.25) is 14.9 Å². The van der Waals surface area contributed by atoms with E-state index < -0.39 is 33.1 Å². The third kappa shape index (κ3) is 4.38. The molecule has 2 atom stereocenters. The molecule has 2 unspecified atom stereocenters. The lowest BCUT2D eigenvalue weighted by atomic mass is 10.0. The predicted molar refractivity (Wildman–Crippen MR) is 86.2 cm³/mol. The van der Waals surface area contributed by atoms with E-state index in [2.05, 4.69) is 0 Å². The van der Waals surface area contributed by atoms with Crippen molar-refractivity contribution < 1.29 is 28.3 Å². The zero-order valence-electron chi connectivity index (χ0n) is 12.6. The van der Waals surface area contributed by atoms with E-state index in [1.54, 1.807) is 18.2 Å². The number of nitro groups is 1. The third-order valence-corrected chi connectivity index (χ3v) is 4.82. The van der Waals surface area contributed by atoms with Gasteiger partial charge >= 0.3 is 5.97 Å². The predicted octanol–water partition coefficient (Wildman–Crippen LogP) is 1.06. The van der Waals surface area contributed by atoms with Gasteiger partial charge in [-0.05, 0) is 17.7 Å². The fourth-order valence-electron chi connectivity index (χ4n) is 2.07. The fraction of sp³-hybridized carbons (Fsp3) is 0.133. The average molecular weight is 366 g/mol. The number of aliphatic hydroxyl groups excluding tert-OH is 1. The van der Waals surface area contributed by atoms with Gasteiger partial charge in [-0.1, -0.05) is 30.3 Å². The number of carbonyl (C=O) groups is 1. The van der Waals surface area contributed by atoms with Crippen molar-refractivity contribution in [2.24, 2.45) is 0 Å². The number of hydrogen-bond acceptors (Lipinski definition) is 6. The van der Waals surface area contributed by atoms with Crippen molar-refractivity contribution in [3.05, 3.63) is 70.3 Å². The highest BCUT2D eigenvalue weighted by Crippen LogP contribution is 2.20. The Morgan fingerprint density at radius 1 is 1.08 bits per heavy atom. The Labute approximate surface area is 142 Å². The number of nitrogens with zero attached hydrogens (tertiary/aromatic N) is 1. The molecule has 25 heavy (non-hydrogen) atoms. The van der Waals surface area contributed by atoms with Crippen LogP contribution in [-0.2, 0) is 14.8 Å². The van der Waals surface area contributed by atoms with Gasteiger partial charge in [0, 0.05) is 12.1 Å². The number of hydrogen-bond donors (Lipinski definition) is 3. The maximum Gasteiger partial charge on any atom is 0.324 e. The van der Waals surface area contributed by atoms with E-state index in [9.17, 15) is 33.5 Å². The van der Waals surface area contributed by atoms with E-state index in [-0.39, 0.29) is 16.1 Å². The van der Waals surface area contributed by atoms with Gasteiger partial charge in [0.2, 0.25) is 10.0 Å². The molecule has 132 valence electrons. The van der Waals surface area contributed by atoms with Crippen LogP contribution in [0.4, 0.5) is 5.69 Å². The van der Waals surface area contributed by atoms with E-state index in [4.69, 9.17) is 0 Å². The van der Waals surface area contributed by atoms with Crippen LogP contribution in [0.1, 0.15) is 11.7 Å². The van der Waals surface area contributed by atoms with Crippen molar-refractivity contribution in [3.8, 4) is 0 Å². The van der Waals surface area contributed by atoms with Crippen LogP contribution < -0.4 is 4.72 Å². The molecular formula is C15H14N2O7S. The van der Waals surface area contributed by atoms with Crippen molar-refractivity contribution >= 4 is 21.7 Å². The van der Waals surface area contributed by atoms with Crippen LogP contribution in [0.3, 0.4) is 0 Å². The first-order valence-electron chi connectivity index (χ1n) is 6.95. The Morgan fingerprint density at radius 2 is 1.64 bits per heavy atom. The Bertz CT molecular complexity index is 867. The van der Waals surface area contributed by atoms with Gasteiger partial charge in [0.15, 0.2) is 0 Å². The SMILES string of the molecule is O=C(O)C(NS(=O)(=O)c1ccc([N+](=O)[O-])cc1)C(O)c1ccccc1. The second kappa shape index (κ2) is 7.38. The van der Waals surface area contributed by atoms with E-state index in [1.165, 1.54) is 12.1 Å². The summed E-state index contributed by atoms with van der Waals surface area (Å²) in [4.78, 5) is 20.9. The number of carboxylic acid groups (broad SMARTS) is 1. The Balaban J connectivity index is 2.28. The molecular weight excluding hydrogens is 352 g/mol. The molecule has 0 amide bonds. The van der Waals surface area contributed by atoms with Crippen molar-refractivity contribution in [3.63, 3.8) is 0 Å². The van der Waals surface area contributed by atoms with Crippen LogP contribution in [0.2, 0.25) is 0 Å². The molecule has 0 fully saturated rings. The minimum atomic E-state index is -4.31. The molecule has 0 saturated heterocycles. The normalized spacial score (nSPS) is 13.8. The topological polar surface area (TPSA) is 147 Å². The first kappa shape index (κ1) is 18.5. The van der Waals surface area contributed by atoms with Gasteiger partial charge in [0.25, 0.3) is 5.69 Å². The number of sulfonamides is 1. The molecule has 10 heteroatoms. The molecule has 2 rings (SSSR count). The van der Waals surface area contributed by atoms with Gasteiger partial charge in [0.1, 0.15) is 12.1 Å². The Morgan fingerprint density at radius 3 is 2.12 bits per heavy atom. The fourth-order valence-corrected chi connectivity index (χ4v) is 3.27. The summed E-state index contributed by atoms with van der Waals surface area (Å²) < 4.78 is 26.5. The highest BCUT2D eigenvalue weighted by molar-refractivity contribution is 7.89. The monoisotopic (exact) mass is 366 g/mol. The first-order valence-corrected chi connectivity index (χ1v) is 8.43. The highest BCUT2D eigenvalue weighted by atomic mass is 32.2. The summed E-state index contributed by atoms with van der Waals surface area (Å²) in [5.74, 6) is -1.57. The molecule has 0 radical (unpaired) electrons. The molecule has 0 aliphatic carbocycles. The lowest BCUT2D eigenvalue weighted by Gasteiger charge is -2.20. The number of aliphatic hydroxyl groups is 1. The van der Waals surface area contributed by atoms with Gasteiger partial charge < -0.3 is 10.2 Å². The van der Waals surface area contributed by atoms with Crippen molar-refractivity contribution in [2.75, 3.05) is 0 Å². The molecule has 0 aliphatic rings. The zero-order chi connectivity index (χ0) is 18.6. The number of benzene rings is 2. The van der Waals surface area contributed by atoms with Crippen LogP contribution in [0.5, 0.6) is 0 Å². The largest absolute Gasteiger partial charge is 0.480 e. The molecule has 0 heterocycles. The van der Waals surface area contributed by atoms with E-state index >= 15 is 0 Å². The second-order valence-electron chi connectivity index (χ2n) is 5.04. The van der Waals surface area contributed by atoms with Crippen LogP contribution in [0, 0.1) is 10.1 Å². The zero-order valence-corrected chi connectivity index (χ0v) is 13.5. The van der Waals surface area contributed by atoms with Crippen molar-refractivity contribution in [1.82, 2.24) is 4.72 Å². The maximum absolute atomic E-state index is 12.3. The average Bonchev–Trinajstić information content (AvgIpc) is 2.59. The number of nitrogens with one attached hydrogen (secondary N) is 1. The second-order valence-corrected chi connectivity index (χ2v) is 6.76. The Kier molecular flexibility index (Phi) is 5.47. The van der Waals surface area contributed by atoms with Gasteiger partial charge in [-0.15, -0.1) is 0 Å². The molecule has 0 bridgehead atoms. The number of nitro benzene ring substituents is 1. The van der Waals surface area contributed by atoms with Gasteiger partial charge in [-0.2, -0.15) is 4.72 Å². The van der Waals surface area contributed by atoms with Crippen LogP contribution in [0.15, 0.2) is 59.5 Å². The minimum Gasteiger partial charge on any atom is -0.480 e. The van der Waals surface area contributed by atoms with E-state index in [1.807, 2.05) is 4.72 Å². The molecule has 0 spiro atoms. The van der Waals surface area contributed by atoms with Gasteiger partial charge in [-0.25, -0.2) is 8.42 Å². The van der Waals surface area contributed by atoms with Crippen LogP contribution >= 0.6 is 0 Å². The number of aliphatic carboxylic acids is 1. The first-order chi connectivity index (χ1) is 11.7. The lowest BCUT2D eigenvalue weighted by Crippen LogP contribution is -2.44. The summed E-state index contributed by atoms with van der Waals surface area (Å²) in [7, 11) is -4.31. The summed E-state index contributed by atoms with van der Waals surface area (Å²) in [6, 6.07) is 9.82. The standard InChI is InChI=1S/C15H14N2O7S/c18-14(10-4-2-1-3-5-10)13(15(19)20)16-25(23,24)12-8-6-11(7-9-12)17(21)22/h1-9,13-14,16,18H,(H,19,20). The number of carboxylic acids is 1. The summed E-state index contributed by atoms with van der Waals surface area (Å²) in [6.07, 6.45) is -1.62. The van der Waals surface area contributed by atoms with E-state index in [0.29, 0.717) is 0 Å². The van der Waals surface area contributed by atoms with Crippen molar-refractivity contribution in [1.29, 1.82) is 0 Å². The summed E-state index contributed by atoms with van der Waals surface area (Å²) >= 11 is 0. The summed E-state index contributed by atoms with van der Waals surface area (Å²) in [5, 5.41) is 30.0. The summed E-state index contributed by atoms with van der Waals surface area (Å²) in [5.41, 5.74) is -0.0839. The number of non-ortho nitro benzene ring substituents is 1. The maximum atomic E-state index is 12.3. The highest BCUT2D eigenvalue weighted by Gasteiger charge is 2.32. The summed E-state index contributed by atoms with van der Waals surface area (Å²) in [6.45, 7) is 0. The molecule has 9 nitrogen and oxygen atoms in total. The molecule has 2 aromatic rings. The number of rotatable bonds is 7. The lowest BCUT2D eigenvalue weighted by molar-refractivity contribution is -0.384. The molecule has 2 aromatic carbocycles. The third-order valence-electron chi connectivity index (χ3n) is 3.36. The van der Waals surface area contributed by atoms with Crippen molar-refractivity contribution in [2.45, 2.75) is 17.0 Å². The molecule has 3 N–H and O–H groups in total. The smallest absolute Gasteiger partial charge is 0.324 e. The molecule has 0 saturated carbocycles. The van der Waals surface area contributed by atoms with Crippen LogP contribution in [0.25, 0.3) is 0 Å². The van der Waals surface area contributed by atoms with Gasteiger partial charge in [0.05, 0.1) is 9.82 Å².